The minimum atomic E-state index is -0.494. The molecule has 0 aliphatic carbocycles. The molecule has 1 saturated heterocycles. The summed E-state index contributed by atoms with van der Waals surface area (Å²) in [4.78, 5) is 15.0. The first-order valence-electron chi connectivity index (χ1n) is 10.7. The number of nitrogens with one attached hydrogen (secondary N) is 1. The van der Waals surface area contributed by atoms with Crippen molar-refractivity contribution in [1.82, 2.24) is 4.90 Å². The van der Waals surface area contributed by atoms with Crippen LogP contribution in [-0.4, -0.2) is 59.4 Å². The fourth-order valence-electron chi connectivity index (χ4n) is 3.87. The SMILES string of the molecule is COc1ccc(C=C(F)c2cc(OC)c(OC)c(OC)c2)cc1NC(=O)C1CCN(C)CC1. The van der Waals surface area contributed by atoms with Crippen molar-refractivity contribution in [2.45, 2.75) is 12.8 Å². The number of nitrogens with zero attached hydrogens (tertiary/aromatic N) is 1. The van der Waals surface area contributed by atoms with Crippen molar-refractivity contribution in [1.29, 1.82) is 0 Å². The number of likely N-dealkylation sites (tertiary alicyclic amines) is 1. The van der Waals surface area contributed by atoms with E-state index in [-0.39, 0.29) is 17.4 Å². The summed E-state index contributed by atoms with van der Waals surface area (Å²) in [7, 11) is 8.03. The number of piperidine rings is 1. The summed E-state index contributed by atoms with van der Waals surface area (Å²) in [6.07, 6.45) is 2.99. The molecule has 33 heavy (non-hydrogen) atoms. The summed E-state index contributed by atoms with van der Waals surface area (Å²) < 4.78 is 36.5. The van der Waals surface area contributed by atoms with E-state index in [4.69, 9.17) is 18.9 Å². The first-order chi connectivity index (χ1) is 15.9. The van der Waals surface area contributed by atoms with E-state index in [2.05, 4.69) is 17.3 Å². The van der Waals surface area contributed by atoms with Gasteiger partial charge < -0.3 is 29.2 Å². The summed E-state index contributed by atoms with van der Waals surface area (Å²) in [6.45, 7) is 1.77. The highest BCUT2D eigenvalue weighted by Gasteiger charge is 2.24. The van der Waals surface area contributed by atoms with Crippen molar-refractivity contribution >= 4 is 23.5 Å². The van der Waals surface area contributed by atoms with E-state index in [9.17, 15) is 4.79 Å². The van der Waals surface area contributed by atoms with Crippen LogP contribution in [0.2, 0.25) is 0 Å². The van der Waals surface area contributed by atoms with E-state index in [0.29, 0.717) is 34.2 Å². The lowest BCUT2D eigenvalue weighted by atomic mass is 9.96. The predicted octanol–water partition coefficient (Wildman–Crippen LogP) is 4.47. The molecule has 1 aliphatic heterocycles. The maximum Gasteiger partial charge on any atom is 0.227 e. The number of methoxy groups -OCH3 is 4. The van der Waals surface area contributed by atoms with Gasteiger partial charge in [-0.3, -0.25) is 4.79 Å². The largest absolute Gasteiger partial charge is 0.495 e. The summed E-state index contributed by atoms with van der Waals surface area (Å²) in [6, 6.07) is 8.21. The van der Waals surface area contributed by atoms with E-state index in [1.165, 1.54) is 34.5 Å². The first-order valence-corrected chi connectivity index (χ1v) is 10.7. The number of anilines is 1. The molecule has 8 heteroatoms. The Morgan fingerprint density at radius 3 is 2.12 bits per heavy atom. The molecule has 3 rings (SSSR count). The number of hydrogen-bond donors (Lipinski definition) is 1. The van der Waals surface area contributed by atoms with Crippen LogP contribution in [0.15, 0.2) is 30.3 Å². The van der Waals surface area contributed by atoms with Crippen molar-refractivity contribution in [3.63, 3.8) is 0 Å². The minimum Gasteiger partial charge on any atom is -0.495 e. The Kier molecular flexibility index (Phi) is 8.16. The summed E-state index contributed by atoms with van der Waals surface area (Å²) in [5, 5.41) is 2.96. The van der Waals surface area contributed by atoms with Gasteiger partial charge in [-0.1, -0.05) is 6.07 Å². The number of rotatable bonds is 8. The lowest BCUT2D eigenvalue weighted by molar-refractivity contribution is -0.121. The second-order valence-corrected chi connectivity index (χ2v) is 7.93. The molecule has 0 saturated carbocycles. The molecular formula is C25H31FN2O5. The highest BCUT2D eigenvalue weighted by molar-refractivity contribution is 5.94. The molecule has 1 heterocycles. The summed E-state index contributed by atoms with van der Waals surface area (Å²) in [5.41, 5.74) is 1.35. The van der Waals surface area contributed by atoms with Crippen LogP contribution in [0, 0.1) is 5.92 Å². The number of carbonyl (C=O) groups is 1. The lowest BCUT2D eigenvalue weighted by Crippen LogP contribution is -2.35. The number of ether oxygens (including phenoxy) is 4. The Morgan fingerprint density at radius 1 is 0.970 bits per heavy atom. The second kappa shape index (κ2) is 11.0. The van der Waals surface area contributed by atoms with Crippen LogP contribution in [-0.2, 0) is 4.79 Å². The van der Waals surface area contributed by atoms with Gasteiger partial charge in [-0.25, -0.2) is 4.39 Å². The quantitative estimate of drug-likeness (QED) is 0.589. The molecule has 0 atom stereocenters. The Hall–Kier alpha value is -3.26. The molecule has 7 nitrogen and oxygen atoms in total. The van der Waals surface area contributed by atoms with Crippen LogP contribution in [0.1, 0.15) is 24.0 Å². The highest BCUT2D eigenvalue weighted by atomic mass is 19.1. The average Bonchev–Trinajstić information content (AvgIpc) is 2.83. The molecule has 0 bridgehead atoms. The molecule has 0 unspecified atom stereocenters. The molecular weight excluding hydrogens is 427 g/mol. The van der Waals surface area contributed by atoms with Crippen LogP contribution >= 0.6 is 0 Å². The number of amides is 1. The first kappa shape index (κ1) is 24.4. The highest BCUT2D eigenvalue weighted by Crippen LogP contribution is 2.40. The van der Waals surface area contributed by atoms with Crippen molar-refractivity contribution in [2.75, 3.05) is 53.9 Å². The molecule has 1 fully saturated rings. The van der Waals surface area contributed by atoms with Crippen LogP contribution in [0.5, 0.6) is 23.0 Å². The van der Waals surface area contributed by atoms with Crippen LogP contribution < -0.4 is 24.3 Å². The summed E-state index contributed by atoms with van der Waals surface area (Å²) in [5.74, 6) is 1.02. The molecule has 2 aromatic carbocycles. The van der Waals surface area contributed by atoms with E-state index in [1.54, 1.807) is 30.3 Å². The van der Waals surface area contributed by atoms with Crippen molar-refractivity contribution in [3.05, 3.63) is 41.5 Å². The zero-order valence-electron chi connectivity index (χ0n) is 19.7. The number of benzene rings is 2. The van der Waals surface area contributed by atoms with E-state index in [1.807, 2.05) is 0 Å². The number of hydrogen-bond acceptors (Lipinski definition) is 6. The zero-order chi connectivity index (χ0) is 24.0. The molecule has 1 N–H and O–H groups in total. The third kappa shape index (κ3) is 5.76. The van der Waals surface area contributed by atoms with Crippen molar-refractivity contribution in [3.8, 4) is 23.0 Å². The van der Waals surface area contributed by atoms with Gasteiger partial charge in [0, 0.05) is 11.5 Å². The molecule has 0 spiro atoms. The predicted molar refractivity (Wildman–Crippen MR) is 127 cm³/mol. The molecule has 0 radical (unpaired) electrons. The minimum absolute atomic E-state index is 0.0485. The maximum atomic E-state index is 15.2. The van der Waals surface area contributed by atoms with Gasteiger partial charge in [0.2, 0.25) is 11.7 Å². The fourth-order valence-corrected chi connectivity index (χ4v) is 3.87. The molecule has 1 amide bonds. The maximum absolute atomic E-state index is 15.2. The Labute approximate surface area is 194 Å². The average molecular weight is 459 g/mol. The van der Waals surface area contributed by atoms with E-state index in [0.717, 1.165) is 25.9 Å². The van der Waals surface area contributed by atoms with Crippen LogP contribution in [0.4, 0.5) is 10.1 Å². The Balaban J connectivity index is 1.87. The van der Waals surface area contributed by atoms with Crippen molar-refractivity contribution in [2.24, 2.45) is 5.92 Å². The van der Waals surface area contributed by atoms with Gasteiger partial charge in [0.1, 0.15) is 11.6 Å². The number of carbonyl (C=O) groups excluding carboxylic acids is 1. The molecule has 0 aromatic heterocycles. The topological polar surface area (TPSA) is 69.3 Å². The van der Waals surface area contributed by atoms with Gasteiger partial charge in [0.15, 0.2) is 11.5 Å². The van der Waals surface area contributed by atoms with Crippen LogP contribution in [0.25, 0.3) is 11.9 Å². The molecule has 2 aromatic rings. The Bertz CT molecular complexity index is 991. The molecule has 178 valence electrons. The third-order valence-electron chi connectivity index (χ3n) is 5.80. The van der Waals surface area contributed by atoms with E-state index < -0.39 is 5.83 Å². The lowest BCUT2D eigenvalue weighted by Gasteiger charge is -2.28. The fraction of sp³-hybridized carbons (Fsp3) is 0.400. The van der Waals surface area contributed by atoms with Crippen LogP contribution in [0.3, 0.4) is 0 Å². The Morgan fingerprint density at radius 2 is 1.58 bits per heavy atom. The summed E-state index contributed by atoms with van der Waals surface area (Å²) >= 11 is 0. The second-order valence-electron chi connectivity index (χ2n) is 7.93. The smallest absolute Gasteiger partial charge is 0.227 e. The third-order valence-corrected chi connectivity index (χ3v) is 5.80. The number of halogens is 1. The van der Waals surface area contributed by atoms with Gasteiger partial charge in [0.25, 0.3) is 0 Å². The van der Waals surface area contributed by atoms with Gasteiger partial charge >= 0.3 is 0 Å². The van der Waals surface area contributed by atoms with Crippen molar-refractivity contribution < 1.29 is 28.1 Å². The van der Waals surface area contributed by atoms with Gasteiger partial charge in [-0.15, -0.1) is 0 Å². The zero-order valence-corrected chi connectivity index (χ0v) is 19.7. The van der Waals surface area contributed by atoms with Gasteiger partial charge in [-0.2, -0.15) is 0 Å². The monoisotopic (exact) mass is 458 g/mol. The standard InChI is InChI=1S/C25H31FN2O5/c1-28-10-8-17(9-11-28)25(29)27-20-13-16(6-7-21(20)30-2)12-19(26)18-14-22(31-3)24(33-5)23(15-18)32-4/h6-7,12-15,17H,8-11H2,1-5H3,(H,27,29). The van der Waals surface area contributed by atoms with Gasteiger partial charge in [-0.05, 0) is 68.9 Å². The van der Waals surface area contributed by atoms with Gasteiger partial charge in [0.05, 0.1) is 34.1 Å². The normalized spacial score (nSPS) is 15.2. The molecule has 1 aliphatic rings. The van der Waals surface area contributed by atoms with E-state index >= 15 is 4.39 Å².